The van der Waals surface area contributed by atoms with E-state index in [0.29, 0.717) is 11.7 Å². The van der Waals surface area contributed by atoms with Crippen molar-refractivity contribution in [2.75, 3.05) is 31.9 Å². The van der Waals surface area contributed by atoms with E-state index in [9.17, 15) is 4.39 Å². The van der Waals surface area contributed by atoms with E-state index in [0.717, 1.165) is 38.3 Å². The summed E-state index contributed by atoms with van der Waals surface area (Å²) in [5.74, 6) is -0.308. The van der Waals surface area contributed by atoms with Crippen molar-refractivity contribution in [3.05, 3.63) is 29.6 Å². The van der Waals surface area contributed by atoms with E-state index in [2.05, 4.69) is 23.6 Å². The molecule has 1 saturated heterocycles. The van der Waals surface area contributed by atoms with Gasteiger partial charge in [-0.25, -0.2) is 4.39 Å². The number of nitrogens with two attached hydrogens (primary N) is 1. The van der Waals surface area contributed by atoms with Gasteiger partial charge in [-0.3, -0.25) is 9.80 Å². The number of para-hydroxylation sites is 1. The molecule has 1 aliphatic rings. The summed E-state index contributed by atoms with van der Waals surface area (Å²) in [6.45, 7) is 9.47. The molecular weight excluding hydrogens is 241 g/mol. The lowest BCUT2D eigenvalue weighted by molar-refractivity contribution is 0.209. The zero-order chi connectivity index (χ0) is 13.8. The van der Waals surface area contributed by atoms with Gasteiger partial charge < -0.3 is 5.73 Å². The van der Waals surface area contributed by atoms with E-state index in [1.54, 1.807) is 6.07 Å². The van der Waals surface area contributed by atoms with Crippen LogP contribution in [0.2, 0.25) is 0 Å². The molecule has 0 amide bonds. The van der Waals surface area contributed by atoms with Crippen LogP contribution in [0, 0.1) is 5.82 Å². The van der Waals surface area contributed by atoms with Gasteiger partial charge in [-0.1, -0.05) is 26.0 Å². The Morgan fingerprint density at radius 2 is 2.11 bits per heavy atom. The van der Waals surface area contributed by atoms with Gasteiger partial charge in [0, 0.05) is 25.7 Å². The topological polar surface area (TPSA) is 32.5 Å². The van der Waals surface area contributed by atoms with Crippen LogP contribution in [0.25, 0.3) is 0 Å². The van der Waals surface area contributed by atoms with Crippen molar-refractivity contribution in [3.63, 3.8) is 0 Å². The summed E-state index contributed by atoms with van der Waals surface area (Å²) < 4.78 is 13.4. The van der Waals surface area contributed by atoms with E-state index < -0.39 is 0 Å². The van der Waals surface area contributed by atoms with Crippen LogP contribution in [0.15, 0.2) is 18.2 Å². The van der Waals surface area contributed by atoms with E-state index in [4.69, 9.17) is 5.73 Å². The molecule has 19 heavy (non-hydrogen) atoms. The quantitative estimate of drug-likeness (QED) is 0.829. The highest BCUT2D eigenvalue weighted by Crippen LogP contribution is 2.22. The fourth-order valence-electron chi connectivity index (χ4n) is 2.95. The molecule has 1 heterocycles. The maximum Gasteiger partial charge on any atom is 0.146 e. The number of nitrogen functional groups attached to an aromatic ring is 1. The van der Waals surface area contributed by atoms with Gasteiger partial charge in [-0.05, 0) is 31.1 Å². The maximum atomic E-state index is 13.4. The van der Waals surface area contributed by atoms with Crippen LogP contribution < -0.4 is 5.73 Å². The summed E-state index contributed by atoms with van der Waals surface area (Å²) in [5, 5.41) is 0. The highest BCUT2D eigenvalue weighted by Gasteiger charge is 2.26. The number of rotatable bonds is 5. The fraction of sp³-hybridized carbons (Fsp3) is 0.600. The highest BCUT2D eigenvalue weighted by atomic mass is 19.1. The maximum absolute atomic E-state index is 13.4. The van der Waals surface area contributed by atoms with Crippen molar-refractivity contribution >= 4 is 5.69 Å². The summed E-state index contributed by atoms with van der Waals surface area (Å²) in [7, 11) is 0. The van der Waals surface area contributed by atoms with E-state index in [1.807, 2.05) is 6.07 Å². The number of hydrogen-bond donors (Lipinski definition) is 1. The molecule has 1 aromatic rings. The number of likely N-dealkylation sites (tertiary alicyclic amines) is 1. The average Bonchev–Trinajstić information content (AvgIpc) is 2.85. The Bertz CT molecular complexity index is 418. The van der Waals surface area contributed by atoms with Crippen molar-refractivity contribution in [1.82, 2.24) is 9.80 Å². The highest BCUT2D eigenvalue weighted by molar-refractivity contribution is 5.47. The second-order valence-electron chi connectivity index (χ2n) is 5.21. The second kappa shape index (κ2) is 6.35. The van der Waals surface area contributed by atoms with Crippen LogP contribution in [0.1, 0.15) is 25.8 Å². The SMILES string of the molecule is CCN(CC)C1CCN(Cc2cccc(F)c2N)C1. The molecule has 4 heteroatoms. The molecule has 0 bridgehead atoms. The first-order valence-corrected chi connectivity index (χ1v) is 7.15. The molecular formula is C15H24FN3. The predicted molar refractivity (Wildman–Crippen MR) is 77.4 cm³/mol. The van der Waals surface area contributed by atoms with Crippen LogP contribution >= 0.6 is 0 Å². The standard InChI is InChI=1S/C15H24FN3/c1-3-19(4-2)13-8-9-18(11-13)10-12-6-5-7-14(16)15(12)17/h5-7,13H,3-4,8-11,17H2,1-2H3. The second-order valence-corrected chi connectivity index (χ2v) is 5.21. The molecule has 2 rings (SSSR count). The monoisotopic (exact) mass is 265 g/mol. The third kappa shape index (κ3) is 3.25. The largest absolute Gasteiger partial charge is 0.396 e. The Hall–Kier alpha value is -1.13. The summed E-state index contributed by atoms with van der Waals surface area (Å²) in [6, 6.07) is 5.70. The number of likely N-dealkylation sites (N-methyl/N-ethyl adjacent to an activating group) is 1. The Kier molecular flexibility index (Phi) is 4.77. The minimum Gasteiger partial charge on any atom is -0.396 e. The molecule has 2 N–H and O–H groups in total. The molecule has 1 aliphatic heterocycles. The summed E-state index contributed by atoms with van der Waals surface area (Å²) >= 11 is 0. The molecule has 0 spiro atoms. The average molecular weight is 265 g/mol. The zero-order valence-corrected chi connectivity index (χ0v) is 11.9. The molecule has 1 atom stereocenters. The van der Waals surface area contributed by atoms with E-state index in [1.165, 1.54) is 12.5 Å². The smallest absolute Gasteiger partial charge is 0.146 e. The van der Waals surface area contributed by atoms with Gasteiger partial charge >= 0.3 is 0 Å². The molecule has 0 aliphatic carbocycles. The molecule has 1 aromatic carbocycles. The lowest BCUT2D eigenvalue weighted by Crippen LogP contribution is -2.37. The Morgan fingerprint density at radius 1 is 1.37 bits per heavy atom. The molecule has 0 aromatic heterocycles. The molecule has 0 saturated carbocycles. The Labute approximate surface area is 115 Å². The minimum absolute atomic E-state index is 0.300. The van der Waals surface area contributed by atoms with Gasteiger partial charge in [-0.2, -0.15) is 0 Å². The summed E-state index contributed by atoms with van der Waals surface area (Å²) in [4.78, 5) is 4.86. The number of nitrogens with zero attached hydrogens (tertiary/aromatic N) is 2. The van der Waals surface area contributed by atoms with Crippen molar-refractivity contribution in [1.29, 1.82) is 0 Å². The first-order valence-electron chi connectivity index (χ1n) is 7.15. The molecule has 106 valence electrons. The summed E-state index contributed by atoms with van der Waals surface area (Å²) in [6.07, 6.45) is 1.19. The van der Waals surface area contributed by atoms with E-state index in [-0.39, 0.29) is 5.82 Å². The lowest BCUT2D eigenvalue weighted by atomic mass is 10.1. The number of halogens is 1. The first kappa shape index (κ1) is 14.3. The Balaban J connectivity index is 1.97. The van der Waals surface area contributed by atoms with Crippen LogP contribution in [-0.2, 0) is 6.54 Å². The van der Waals surface area contributed by atoms with Gasteiger partial charge in [0.05, 0.1) is 5.69 Å². The van der Waals surface area contributed by atoms with Crippen LogP contribution in [-0.4, -0.2) is 42.0 Å². The Morgan fingerprint density at radius 3 is 2.79 bits per heavy atom. The van der Waals surface area contributed by atoms with Gasteiger partial charge in [0.25, 0.3) is 0 Å². The van der Waals surface area contributed by atoms with Crippen molar-refractivity contribution in [2.24, 2.45) is 0 Å². The molecule has 1 unspecified atom stereocenters. The lowest BCUT2D eigenvalue weighted by Gasteiger charge is -2.26. The van der Waals surface area contributed by atoms with Crippen molar-refractivity contribution in [2.45, 2.75) is 32.9 Å². The van der Waals surface area contributed by atoms with Crippen LogP contribution in [0.3, 0.4) is 0 Å². The van der Waals surface area contributed by atoms with Crippen molar-refractivity contribution in [3.8, 4) is 0 Å². The van der Waals surface area contributed by atoms with Crippen LogP contribution in [0.4, 0.5) is 10.1 Å². The normalized spacial score (nSPS) is 20.3. The molecule has 0 radical (unpaired) electrons. The molecule has 3 nitrogen and oxygen atoms in total. The number of anilines is 1. The minimum atomic E-state index is -0.308. The summed E-state index contributed by atoms with van der Waals surface area (Å²) in [5.41, 5.74) is 7.00. The first-order chi connectivity index (χ1) is 9.15. The van der Waals surface area contributed by atoms with E-state index >= 15 is 0 Å². The van der Waals surface area contributed by atoms with Crippen molar-refractivity contribution < 1.29 is 4.39 Å². The van der Waals surface area contributed by atoms with Gasteiger partial charge in [0.2, 0.25) is 0 Å². The molecule has 1 fully saturated rings. The zero-order valence-electron chi connectivity index (χ0n) is 11.9. The fourth-order valence-corrected chi connectivity index (χ4v) is 2.95. The third-order valence-corrected chi connectivity index (χ3v) is 4.11. The van der Waals surface area contributed by atoms with Gasteiger partial charge in [-0.15, -0.1) is 0 Å². The van der Waals surface area contributed by atoms with Crippen LogP contribution in [0.5, 0.6) is 0 Å². The number of hydrogen-bond acceptors (Lipinski definition) is 3. The number of benzene rings is 1. The van der Waals surface area contributed by atoms with Gasteiger partial charge in [0.1, 0.15) is 5.82 Å². The predicted octanol–water partition coefficient (Wildman–Crippen LogP) is 2.32. The third-order valence-electron chi connectivity index (χ3n) is 4.11. The van der Waals surface area contributed by atoms with Gasteiger partial charge in [0.15, 0.2) is 0 Å².